The predicted octanol–water partition coefficient (Wildman–Crippen LogP) is 2.52. The van der Waals surface area contributed by atoms with Gasteiger partial charge in [0.05, 0.1) is 13.4 Å². The molecule has 3 aromatic rings. The summed E-state index contributed by atoms with van der Waals surface area (Å²) < 4.78 is 10.4. The number of carbonyl (C=O) groups is 1. The van der Waals surface area contributed by atoms with Crippen molar-refractivity contribution in [3.05, 3.63) is 53.5 Å². The van der Waals surface area contributed by atoms with E-state index in [4.69, 9.17) is 14.3 Å². The number of pyridine rings is 2. The van der Waals surface area contributed by atoms with E-state index in [1.807, 2.05) is 6.07 Å². The van der Waals surface area contributed by atoms with Gasteiger partial charge in [-0.2, -0.15) is 0 Å². The molecule has 0 fully saturated rings. The van der Waals surface area contributed by atoms with Crippen molar-refractivity contribution in [1.82, 2.24) is 9.97 Å². The summed E-state index contributed by atoms with van der Waals surface area (Å²) in [6, 6.07) is 6.81. The standard InChI is InChI=1S/C15H12N2O4/c1-20-13-3-2-9(8-16-13)6-10-7-12(15(18)19)17-11-4-5-21-14(10)11/h2-5,7-8H,6H2,1H3,(H,18,19). The fourth-order valence-corrected chi connectivity index (χ4v) is 2.12. The number of hydrogen-bond donors (Lipinski definition) is 1. The molecule has 0 bridgehead atoms. The summed E-state index contributed by atoms with van der Waals surface area (Å²) in [5.41, 5.74) is 2.81. The summed E-state index contributed by atoms with van der Waals surface area (Å²) in [4.78, 5) is 19.3. The van der Waals surface area contributed by atoms with Crippen molar-refractivity contribution < 1.29 is 19.1 Å². The van der Waals surface area contributed by atoms with Gasteiger partial charge in [-0.25, -0.2) is 14.8 Å². The number of carboxylic acids is 1. The second-order valence-electron chi connectivity index (χ2n) is 4.49. The van der Waals surface area contributed by atoms with E-state index in [9.17, 15) is 4.79 Å². The second-order valence-corrected chi connectivity index (χ2v) is 4.49. The molecule has 0 aliphatic carbocycles. The predicted molar refractivity (Wildman–Crippen MR) is 74.6 cm³/mol. The lowest BCUT2D eigenvalue weighted by Gasteiger charge is -2.05. The number of carboxylic acid groups (broad SMARTS) is 1. The molecule has 0 saturated heterocycles. The summed E-state index contributed by atoms with van der Waals surface area (Å²) in [6.07, 6.45) is 3.69. The summed E-state index contributed by atoms with van der Waals surface area (Å²) in [5.74, 6) is -0.532. The summed E-state index contributed by atoms with van der Waals surface area (Å²) >= 11 is 0. The summed E-state index contributed by atoms with van der Waals surface area (Å²) in [7, 11) is 1.55. The minimum absolute atomic E-state index is 0.000343. The zero-order chi connectivity index (χ0) is 14.8. The Morgan fingerprint density at radius 1 is 1.38 bits per heavy atom. The Balaban J connectivity index is 2.01. The van der Waals surface area contributed by atoms with Gasteiger partial charge < -0.3 is 14.3 Å². The van der Waals surface area contributed by atoms with E-state index in [1.54, 1.807) is 25.4 Å². The molecule has 0 spiro atoms. The molecule has 0 aliphatic heterocycles. The largest absolute Gasteiger partial charge is 0.481 e. The van der Waals surface area contributed by atoms with Gasteiger partial charge in [-0.3, -0.25) is 0 Å². The van der Waals surface area contributed by atoms with Crippen molar-refractivity contribution in [2.45, 2.75) is 6.42 Å². The molecule has 0 unspecified atom stereocenters. The van der Waals surface area contributed by atoms with E-state index in [-0.39, 0.29) is 5.69 Å². The first kappa shape index (κ1) is 13.1. The van der Waals surface area contributed by atoms with Gasteiger partial charge in [0.2, 0.25) is 5.88 Å². The van der Waals surface area contributed by atoms with Gasteiger partial charge in [-0.05, 0) is 11.6 Å². The van der Waals surface area contributed by atoms with Crippen molar-refractivity contribution in [2.24, 2.45) is 0 Å². The molecule has 3 heterocycles. The van der Waals surface area contributed by atoms with Crippen LogP contribution in [-0.4, -0.2) is 28.2 Å². The van der Waals surface area contributed by atoms with Crippen LogP contribution in [-0.2, 0) is 6.42 Å². The van der Waals surface area contributed by atoms with Gasteiger partial charge in [-0.1, -0.05) is 6.07 Å². The number of methoxy groups -OCH3 is 1. The molecule has 0 amide bonds. The molecule has 3 rings (SSSR count). The molecule has 0 aliphatic rings. The highest BCUT2D eigenvalue weighted by atomic mass is 16.5. The van der Waals surface area contributed by atoms with E-state index in [0.29, 0.717) is 23.4 Å². The Bertz CT molecular complexity index is 793. The topological polar surface area (TPSA) is 85.5 Å². The van der Waals surface area contributed by atoms with Crippen molar-refractivity contribution in [3.63, 3.8) is 0 Å². The van der Waals surface area contributed by atoms with Gasteiger partial charge in [0, 0.05) is 30.3 Å². The third kappa shape index (κ3) is 2.55. The smallest absolute Gasteiger partial charge is 0.354 e. The van der Waals surface area contributed by atoms with E-state index >= 15 is 0 Å². The first-order chi connectivity index (χ1) is 10.2. The molecule has 0 aromatic carbocycles. The first-order valence-corrected chi connectivity index (χ1v) is 6.26. The summed E-state index contributed by atoms with van der Waals surface area (Å²) in [6.45, 7) is 0. The van der Waals surface area contributed by atoms with E-state index in [1.165, 1.54) is 12.3 Å². The maximum absolute atomic E-state index is 11.1. The molecule has 6 heteroatoms. The van der Waals surface area contributed by atoms with Crippen molar-refractivity contribution in [2.75, 3.05) is 7.11 Å². The zero-order valence-corrected chi connectivity index (χ0v) is 11.2. The molecular weight excluding hydrogens is 272 g/mol. The molecule has 0 atom stereocenters. The van der Waals surface area contributed by atoms with Crippen LogP contribution >= 0.6 is 0 Å². The minimum atomic E-state index is -1.06. The van der Waals surface area contributed by atoms with Crippen LogP contribution in [0.4, 0.5) is 0 Å². The molecule has 1 N–H and O–H groups in total. The Morgan fingerprint density at radius 3 is 2.90 bits per heavy atom. The zero-order valence-electron chi connectivity index (χ0n) is 11.2. The maximum atomic E-state index is 11.1. The molecule has 106 valence electrons. The number of furan rings is 1. The average Bonchev–Trinajstić information content (AvgIpc) is 2.96. The van der Waals surface area contributed by atoms with Crippen LogP contribution in [0.2, 0.25) is 0 Å². The lowest BCUT2D eigenvalue weighted by atomic mass is 10.1. The van der Waals surface area contributed by atoms with E-state index in [2.05, 4.69) is 9.97 Å². The molecule has 3 aromatic heterocycles. The monoisotopic (exact) mass is 284 g/mol. The normalized spacial score (nSPS) is 10.7. The van der Waals surface area contributed by atoms with Gasteiger partial charge in [0.25, 0.3) is 0 Å². The molecule has 21 heavy (non-hydrogen) atoms. The van der Waals surface area contributed by atoms with Crippen LogP contribution in [0.5, 0.6) is 5.88 Å². The fourth-order valence-electron chi connectivity index (χ4n) is 2.12. The fraction of sp³-hybridized carbons (Fsp3) is 0.133. The Morgan fingerprint density at radius 2 is 2.24 bits per heavy atom. The molecule has 0 radical (unpaired) electrons. The minimum Gasteiger partial charge on any atom is -0.481 e. The third-order valence-corrected chi connectivity index (χ3v) is 3.11. The lowest BCUT2D eigenvalue weighted by molar-refractivity contribution is 0.0691. The van der Waals surface area contributed by atoms with Crippen molar-refractivity contribution in [3.8, 4) is 5.88 Å². The van der Waals surface area contributed by atoms with Crippen LogP contribution in [0.25, 0.3) is 11.1 Å². The van der Waals surface area contributed by atoms with Crippen LogP contribution < -0.4 is 4.74 Å². The highest BCUT2D eigenvalue weighted by Gasteiger charge is 2.13. The van der Waals surface area contributed by atoms with Crippen LogP contribution in [0.15, 0.2) is 41.1 Å². The van der Waals surface area contributed by atoms with Gasteiger partial charge in [-0.15, -0.1) is 0 Å². The highest BCUT2D eigenvalue weighted by Crippen LogP contribution is 2.22. The Labute approximate surface area is 120 Å². The number of aromatic carboxylic acids is 1. The van der Waals surface area contributed by atoms with Gasteiger partial charge in [0.1, 0.15) is 11.2 Å². The third-order valence-electron chi connectivity index (χ3n) is 3.11. The quantitative estimate of drug-likeness (QED) is 0.792. The Kier molecular flexibility index (Phi) is 3.27. The number of rotatable bonds is 4. The van der Waals surface area contributed by atoms with Gasteiger partial charge in [0.15, 0.2) is 5.58 Å². The van der Waals surface area contributed by atoms with Crippen LogP contribution in [0.3, 0.4) is 0 Å². The van der Waals surface area contributed by atoms with Crippen molar-refractivity contribution >= 4 is 17.1 Å². The van der Waals surface area contributed by atoms with E-state index < -0.39 is 5.97 Å². The molecule has 0 saturated carbocycles. The van der Waals surface area contributed by atoms with E-state index in [0.717, 1.165) is 11.1 Å². The highest BCUT2D eigenvalue weighted by molar-refractivity contribution is 5.89. The number of nitrogens with zero attached hydrogens (tertiary/aromatic N) is 2. The number of ether oxygens (including phenoxy) is 1. The SMILES string of the molecule is COc1ccc(Cc2cc(C(=O)O)nc3ccoc23)cn1. The maximum Gasteiger partial charge on any atom is 0.354 e. The second kappa shape index (κ2) is 5.24. The average molecular weight is 284 g/mol. The van der Waals surface area contributed by atoms with Crippen molar-refractivity contribution in [1.29, 1.82) is 0 Å². The van der Waals surface area contributed by atoms with Gasteiger partial charge >= 0.3 is 5.97 Å². The number of fused-ring (bicyclic) bond motifs is 1. The summed E-state index contributed by atoms with van der Waals surface area (Å²) in [5, 5.41) is 9.12. The van der Waals surface area contributed by atoms with Crippen LogP contribution in [0.1, 0.15) is 21.6 Å². The molecule has 6 nitrogen and oxygen atoms in total. The first-order valence-electron chi connectivity index (χ1n) is 6.26. The lowest BCUT2D eigenvalue weighted by Crippen LogP contribution is -2.02. The van der Waals surface area contributed by atoms with Crippen LogP contribution in [0, 0.1) is 0 Å². The number of hydrogen-bond acceptors (Lipinski definition) is 5. The Hall–Kier alpha value is -2.89. The molecular formula is C15H12N2O4. The number of aromatic nitrogens is 2.